The van der Waals surface area contributed by atoms with Crippen molar-refractivity contribution in [1.29, 1.82) is 0 Å². The maximum Gasteiger partial charge on any atom is 0.248 e. The molecule has 1 aliphatic heterocycles. The van der Waals surface area contributed by atoms with Gasteiger partial charge in [-0.05, 0) is 38.1 Å². The minimum absolute atomic E-state index is 0.0811. The lowest BCUT2D eigenvalue weighted by atomic mass is 10.0. The van der Waals surface area contributed by atoms with Crippen molar-refractivity contribution < 1.29 is 14.3 Å². The van der Waals surface area contributed by atoms with Crippen LogP contribution in [0, 0.1) is 5.92 Å². The van der Waals surface area contributed by atoms with Gasteiger partial charge in [0.1, 0.15) is 5.75 Å². The zero-order valence-electron chi connectivity index (χ0n) is 11.6. The minimum atomic E-state index is -0.543. The van der Waals surface area contributed by atoms with Crippen LogP contribution >= 0.6 is 0 Å². The Morgan fingerprint density at radius 3 is 2.75 bits per heavy atom. The molecule has 0 radical (unpaired) electrons. The average Bonchev–Trinajstić information content (AvgIpc) is 2.84. The third-order valence-corrected chi connectivity index (χ3v) is 3.60. The predicted molar refractivity (Wildman–Crippen MR) is 75.7 cm³/mol. The van der Waals surface area contributed by atoms with Gasteiger partial charge in [-0.2, -0.15) is 0 Å². The van der Waals surface area contributed by atoms with Gasteiger partial charge in [0.05, 0.1) is 18.7 Å². The molecule has 0 aromatic heterocycles. The third kappa shape index (κ3) is 2.91. The number of anilines is 1. The molecule has 108 valence electrons. The first-order chi connectivity index (χ1) is 9.52. The molecule has 0 aliphatic carbocycles. The standard InChI is InChI=1S/C14H19N3O3/c1-8-10(5-6-16-8)14(19)17-11-7-9(13(15)18)3-4-12(11)20-2/h3-4,7-8,10,16H,5-6H2,1-2H3,(H2,15,18)(H,17,19). The fourth-order valence-corrected chi connectivity index (χ4v) is 2.40. The molecule has 1 aromatic carbocycles. The number of hydrogen-bond acceptors (Lipinski definition) is 4. The van der Waals surface area contributed by atoms with Gasteiger partial charge in [0, 0.05) is 11.6 Å². The summed E-state index contributed by atoms with van der Waals surface area (Å²) in [5.74, 6) is -0.208. The van der Waals surface area contributed by atoms with Crippen LogP contribution in [0.2, 0.25) is 0 Å². The average molecular weight is 277 g/mol. The van der Waals surface area contributed by atoms with Gasteiger partial charge in [-0.1, -0.05) is 0 Å². The summed E-state index contributed by atoms with van der Waals surface area (Å²) >= 11 is 0. The first-order valence-corrected chi connectivity index (χ1v) is 6.55. The number of hydrogen-bond donors (Lipinski definition) is 3. The van der Waals surface area contributed by atoms with E-state index in [9.17, 15) is 9.59 Å². The second kappa shape index (κ2) is 5.92. The van der Waals surface area contributed by atoms with Crippen LogP contribution in [0.1, 0.15) is 23.7 Å². The molecule has 1 fully saturated rings. The van der Waals surface area contributed by atoms with Gasteiger partial charge in [-0.3, -0.25) is 9.59 Å². The third-order valence-electron chi connectivity index (χ3n) is 3.60. The van der Waals surface area contributed by atoms with E-state index in [2.05, 4.69) is 10.6 Å². The van der Waals surface area contributed by atoms with E-state index in [0.29, 0.717) is 17.0 Å². The van der Waals surface area contributed by atoms with Gasteiger partial charge in [0.25, 0.3) is 0 Å². The lowest BCUT2D eigenvalue weighted by Crippen LogP contribution is -2.32. The van der Waals surface area contributed by atoms with Gasteiger partial charge in [-0.25, -0.2) is 0 Å². The molecule has 1 heterocycles. The Labute approximate surface area is 117 Å². The number of carbonyl (C=O) groups is 2. The Kier molecular flexibility index (Phi) is 4.24. The zero-order valence-corrected chi connectivity index (χ0v) is 11.6. The Balaban J connectivity index is 2.20. The zero-order chi connectivity index (χ0) is 14.7. The highest BCUT2D eigenvalue weighted by Crippen LogP contribution is 2.27. The smallest absolute Gasteiger partial charge is 0.248 e. The molecule has 1 aliphatic rings. The number of ether oxygens (including phenoxy) is 1. The van der Waals surface area contributed by atoms with Crippen molar-refractivity contribution in [3.8, 4) is 5.75 Å². The number of methoxy groups -OCH3 is 1. The molecular formula is C14H19N3O3. The maximum atomic E-state index is 12.3. The first-order valence-electron chi connectivity index (χ1n) is 6.55. The van der Waals surface area contributed by atoms with Crippen LogP contribution in [-0.2, 0) is 4.79 Å². The molecule has 2 rings (SSSR count). The highest BCUT2D eigenvalue weighted by Gasteiger charge is 2.29. The number of primary amides is 1. The second-order valence-electron chi connectivity index (χ2n) is 4.91. The van der Waals surface area contributed by atoms with Crippen LogP contribution in [0.5, 0.6) is 5.75 Å². The second-order valence-corrected chi connectivity index (χ2v) is 4.91. The molecule has 6 nitrogen and oxygen atoms in total. The van der Waals surface area contributed by atoms with Gasteiger partial charge < -0.3 is 21.1 Å². The molecule has 1 aromatic rings. The maximum absolute atomic E-state index is 12.3. The number of carbonyl (C=O) groups excluding carboxylic acids is 2. The molecule has 0 bridgehead atoms. The van der Waals surface area contributed by atoms with E-state index in [1.165, 1.54) is 13.2 Å². The Morgan fingerprint density at radius 2 is 2.20 bits per heavy atom. The van der Waals surface area contributed by atoms with Gasteiger partial charge in [0.2, 0.25) is 11.8 Å². The molecule has 0 saturated carbocycles. The molecule has 0 spiro atoms. The summed E-state index contributed by atoms with van der Waals surface area (Å²) in [5.41, 5.74) is 6.04. The van der Waals surface area contributed by atoms with E-state index in [0.717, 1.165) is 13.0 Å². The number of nitrogens with one attached hydrogen (secondary N) is 2. The number of rotatable bonds is 4. The van der Waals surface area contributed by atoms with Crippen LogP contribution < -0.4 is 21.1 Å². The van der Waals surface area contributed by atoms with Crippen molar-refractivity contribution in [2.45, 2.75) is 19.4 Å². The highest BCUT2D eigenvalue weighted by atomic mass is 16.5. The van der Waals surface area contributed by atoms with Crippen LogP contribution in [0.15, 0.2) is 18.2 Å². The molecule has 2 atom stereocenters. The number of amides is 2. The van der Waals surface area contributed by atoms with Crippen LogP contribution in [0.25, 0.3) is 0 Å². The monoisotopic (exact) mass is 277 g/mol. The highest BCUT2D eigenvalue weighted by molar-refractivity contribution is 5.98. The molecule has 2 amide bonds. The Hall–Kier alpha value is -2.08. The summed E-state index contributed by atoms with van der Waals surface area (Å²) in [6.07, 6.45) is 0.796. The summed E-state index contributed by atoms with van der Waals surface area (Å²) in [5, 5.41) is 6.05. The van der Waals surface area contributed by atoms with E-state index >= 15 is 0 Å². The summed E-state index contributed by atoms with van der Waals surface area (Å²) in [7, 11) is 1.51. The Morgan fingerprint density at radius 1 is 1.45 bits per heavy atom. The Bertz CT molecular complexity index is 530. The quantitative estimate of drug-likeness (QED) is 0.756. The fourth-order valence-electron chi connectivity index (χ4n) is 2.40. The summed E-state index contributed by atoms with van der Waals surface area (Å²) in [6.45, 7) is 2.81. The minimum Gasteiger partial charge on any atom is -0.495 e. The van der Waals surface area contributed by atoms with E-state index in [4.69, 9.17) is 10.5 Å². The van der Waals surface area contributed by atoms with E-state index in [-0.39, 0.29) is 17.9 Å². The largest absolute Gasteiger partial charge is 0.495 e. The van der Waals surface area contributed by atoms with Crippen molar-refractivity contribution in [3.05, 3.63) is 23.8 Å². The predicted octanol–water partition coefficient (Wildman–Crippen LogP) is 0.731. The topological polar surface area (TPSA) is 93.4 Å². The van der Waals surface area contributed by atoms with Crippen LogP contribution in [-0.4, -0.2) is 31.5 Å². The summed E-state index contributed by atoms with van der Waals surface area (Å²) in [4.78, 5) is 23.5. The van der Waals surface area contributed by atoms with Crippen molar-refractivity contribution in [3.63, 3.8) is 0 Å². The van der Waals surface area contributed by atoms with Crippen molar-refractivity contribution in [2.24, 2.45) is 11.7 Å². The molecular weight excluding hydrogens is 258 g/mol. The normalized spacial score (nSPS) is 21.5. The molecule has 6 heteroatoms. The number of benzene rings is 1. The molecule has 20 heavy (non-hydrogen) atoms. The van der Waals surface area contributed by atoms with Crippen molar-refractivity contribution in [2.75, 3.05) is 19.0 Å². The SMILES string of the molecule is COc1ccc(C(N)=O)cc1NC(=O)C1CCNC1C. The lowest BCUT2D eigenvalue weighted by molar-refractivity contribution is -0.120. The van der Waals surface area contributed by atoms with E-state index in [1.807, 2.05) is 6.92 Å². The lowest BCUT2D eigenvalue weighted by Gasteiger charge is -2.17. The van der Waals surface area contributed by atoms with E-state index < -0.39 is 5.91 Å². The summed E-state index contributed by atoms with van der Waals surface area (Å²) < 4.78 is 5.19. The van der Waals surface area contributed by atoms with Crippen molar-refractivity contribution >= 4 is 17.5 Å². The van der Waals surface area contributed by atoms with Gasteiger partial charge in [0.15, 0.2) is 0 Å². The van der Waals surface area contributed by atoms with Gasteiger partial charge in [-0.15, -0.1) is 0 Å². The van der Waals surface area contributed by atoms with Gasteiger partial charge >= 0.3 is 0 Å². The molecule has 1 saturated heterocycles. The first kappa shape index (κ1) is 14.3. The fraction of sp³-hybridized carbons (Fsp3) is 0.429. The van der Waals surface area contributed by atoms with E-state index in [1.54, 1.807) is 12.1 Å². The van der Waals surface area contributed by atoms with Crippen LogP contribution in [0.3, 0.4) is 0 Å². The summed E-state index contributed by atoms with van der Waals surface area (Å²) in [6, 6.07) is 4.86. The number of nitrogens with two attached hydrogens (primary N) is 1. The molecule has 2 unspecified atom stereocenters. The van der Waals surface area contributed by atoms with Crippen molar-refractivity contribution in [1.82, 2.24) is 5.32 Å². The molecule has 4 N–H and O–H groups in total. The van der Waals surface area contributed by atoms with Crippen LogP contribution in [0.4, 0.5) is 5.69 Å².